The summed E-state index contributed by atoms with van der Waals surface area (Å²) in [5.41, 5.74) is 0. The smallest absolute Gasteiger partial charge is 0.232 e. The van der Waals surface area contributed by atoms with Gasteiger partial charge in [-0.1, -0.05) is 27.7 Å². The van der Waals surface area contributed by atoms with Crippen molar-refractivity contribution in [3.8, 4) is 0 Å². The molecule has 1 fully saturated rings. The molecule has 3 atom stereocenters. The summed E-state index contributed by atoms with van der Waals surface area (Å²) in [7, 11) is -3.62. The van der Waals surface area contributed by atoms with Crippen LogP contribution in [0, 0.1) is 11.8 Å². The van der Waals surface area contributed by atoms with E-state index in [1.54, 1.807) is 0 Å². The van der Waals surface area contributed by atoms with Crippen molar-refractivity contribution in [3.05, 3.63) is 0 Å². The Labute approximate surface area is 138 Å². The third kappa shape index (κ3) is 4.21. The monoisotopic (exact) mass is 345 g/mol. The van der Waals surface area contributed by atoms with Gasteiger partial charge in [0, 0.05) is 0 Å². The molecule has 4 nitrogen and oxygen atoms in total. The topological polar surface area (TPSA) is 47.6 Å². The van der Waals surface area contributed by atoms with Gasteiger partial charge >= 0.3 is 0 Å². The highest BCUT2D eigenvalue weighted by atomic mass is 28.4. The first kappa shape index (κ1) is 19.9. The zero-order valence-electron chi connectivity index (χ0n) is 16.0. The van der Waals surface area contributed by atoms with Crippen LogP contribution >= 0.6 is 0 Å². The highest BCUT2D eigenvalue weighted by Crippen LogP contribution is 2.45. The summed E-state index contributed by atoms with van der Waals surface area (Å²) in [5, 5.41) is 3.04. The lowest BCUT2D eigenvalue weighted by Crippen LogP contribution is -2.66. The van der Waals surface area contributed by atoms with Crippen LogP contribution in [0.5, 0.6) is 0 Å². The van der Waals surface area contributed by atoms with E-state index in [-0.39, 0.29) is 29.2 Å². The van der Waals surface area contributed by atoms with Crippen molar-refractivity contribution >= 4 is 22.5 Å². The molecule has 0 radical (unpaired) electrons. The summed E-state index contributed by atoms with van der Waals surface area (Å²) in [6, 6.07) is 0. The Morgan fingerprint density at radius 1 is 1.09 bits per heavy atom. The van der Waals surface area contributed by atoms with E-state index in [0.29, 0.717) is 5.92 Å². The Morgan fingerprint density at radius 3 is 1.95 bits per heavy atom. The van der Waals surface area contributed by atoms with E-state index in [2.05, 4.69) is 65.7 Å². The Morgan fingerprint density at radius 2 is 1.59 bits per heavy atom. The molecule has 0 bridgehead atoms. The summed E-state index contributed by atoms with van der Waals surface area (Å²) in [4.78, 5) is 12.0. The normalized spacial score (nSPS) is 25.0. The maximum Gasteiger partial charge on any atom is 0.232 e. The maximum atomic E-state index is 12.0. The molecule has 1 N–H and O–H groups in total. The van der Waals surface area contributed by atoms with Crippen molar-refractivity contribution < 1.29 is 13.6 Å². The number of amides is 1. The van der Waals surface area contributed by atoms with Crippen LogP contribution in [-0.2, 0) is 13.6 Å². The standard InChI is InChI=1S/C16H35NO3Si2/c1-11(2)16(4,5)22(9,10)19-12(3)13-14(18)17-15(13)20-21(6,7)8/h11-13,15H,1-10H3,(H,17,18)/t12-,13+,15?/m1/s1. The minimum Gasteiger partial charge on any atom is -0.413 e. The zero-order valence-corrected chi connectivity index (χ0v) is 18.0. The van der Waals surface area contributed by atoms with Gasteiger partial charge in [0.05, 0.1) is 6.10 Å². The molecule has 130 valence electrons. The van der Waals surface area contributed by atoms with Crippen LogP contribution in [0.1, 0.15) is 34.6 Å². The quantitative estimate of drug-likeness (QED) is 0.561. The first-order valence-electron chi connectivity index (χ1n) is 8.35. The predicted octanol–water partition coefficient (Wildman–Crippen LogP) is 3.96. The second kappa shape index (κ2) is 6.38. The van der Waals surface area contributed by atoms with E-state index in [4.69, 9.17) is 8.85 Å². The second-order valence-electron chi connectivity index (χ2n) is 8.89. The van der Waals surface area contributed by atoms with Gasteiger partial charge < -0.3 is 14.2 Å². The number of carbonyl (C=O) groups is 1. The number of hydrogen-bond donors (Lipinski definition) is 1. The van der Waals surface area contributed by atoms with Crippen molar-refractivity contribution in [1.82, 2.24) is 5.32 Å². The van der Waals surface area contributed by atoms with Gasteiger partial charge in [0.15, 0.2) is 16.6 Å². The largest absolute Gasteiger partial charge is 0.413 e. The van der Waals surface area contributed by atoms with Crippen molar-refractivity contribution in [1.29, 1.82) is 0 Å². The number of carbonyl (C=O) groups excluding carboxylic acids is 1. The molecular formula is C16H35NO3Si2. The van der Waals surface area contributed by atoms with Gasteiger partial charge in [-0.05, 0) is 50.6 Å². The van der Waals surface area contributed by atoms with Gasteiger partial charge in [-0.3, -0.25) is 4.79 Å². The fraction of sp³-hybridized carbons (Fsp3) is 0.938. The van der Waals surface area contributed by atoms with Crippen molar-refractivity contribution in [2.45, 2.75) is 84.7 Å². The molecule has 0 aromatic heterocycles. The molecule has 1 amide bonds. The lowest BCUT2D eigenvalue weighted by Gasteiger charge is -2.48. The van der Waals surface area contributed by atoms with Crippen LogP contribution in [0.2, 0.25) is 37.8 Å². The summed E-state index contributed by atoms with van der Waals surface area (Å²) in [5.74, 6) is 0.426. The molecule has 0 saturated carbocycles. The molecule has 1 aliphatic rings. The highest BCUT2D eigenvalue weighted by molar-refractivity contribution is 6.74. The summed E-state index contributed by atoms with van der Waals surface area (Å²) in [6.45, 7) is 22.0. The van der Waals surface area contributed by atoms with E-state index in [0.717, 1.165) is 0 Å². The van der Waals surface area contributed by atoms with Gasteiger partial charge in [0.25, 0.3) is 0 Å². The van der Waals surface area contributed by atoms with Crippen LogP contribution < -0.4 is 5.32 Å². The molecule has 1 unspecified atom stereocenters. The molecule has 6 heteroatoms. The molecule has 0 spiro atoms. The molecule has 1 heterocycles. The lowest BCUT2D eigenvalue weighted by molar-refractivity contribution is -0.151. The number of β-lactam (4-membered cyclic amide) rings is 1. The third-order valence-electron chi connectivity index (χ3n) is 5.38. The Kier molecular flexibility index (Phi) is 5.76. The summed E-state index contributed by atoms with van der Waals surface area (Å²) < 4.78 is 12.6. The third-order valence-corrected chi connectivity index (χ3v) is 11.0. The minimum absolute atomic E-state index is 0.0582. The number of nitrogens with one attached hydrogen (secondary N) is 1. The molecule has 1 rings (SSSR count). The number of hydrogen-bond acceptors (Lipinski definition) is 3. The van der Waals surface area contributed by atoms with E-state index in [1.165, 1.54) is 0 Å². The first-order chi connectivity index (χ1) is 9.69. The SMILES string of the molecule is CC(C)C(C)(C)[Si](C)(C)O[C@H](C)[C@H]1C(=O)NC1O[Si](C)(C)C. The van der Waals surface area contributed by atoms with Gasteiger partial charge in [0.1, 0.15) is 12.1 Å². The Balaban J connectivity index is 2.79. The van der Waals surface area contributed by atoms with Crippen LogP contribution in [0.25, 0.3) is 0 Å². The van der Waals surface area contributed by atoms with Gasteiger partial charge in [-0.25, -0.2) is 0 Å². The molecule has 1 aliphatic heterocycles. The van der Waals surface area contributed by atoms with E-state index in [9.17, 15) is 4.79 Å². The predicted molar refractivity (Wildman–Crippen MR) is 96.8 cm³/mol. The van der Waals surface area contributed by atoms with Crippen LogP contribution in [-0.4, -0.2) is 34.9 Å². The zero-order chi connectivity index (χ0) is 17.5. The number of rotatable bonds is 7. The molecule has 0 aromatic carbocycles. The highest BCUT2D eigenvalue weighted by Gasteiger charge is 2.50. The fourth-order valence-corrected chi connectivity index (χ4v) is 6.43. The van der Waals surface area contributed by atoms with Crippen LogP contribution in [0.15, 0.2) is 0 Å². The van der Waals surface area contributed by atoms with E-state index in [1.807, 2.05) is 6.92 Å². The van der Waals surface area contributed by atoms with Crippen LogP contribution in [0.3, 0.4) is 0 Å². The maximum absolute atomic E-state index is 12.0. The molecule has 0 aliphatic carbocycles. The van der Waals surface area contributed by atoms with E-state index < -0.39 is 16.6 Å². The second-order valence-corrected chi connectivity index (χ2v) is 17.9. The molecular weight excluding hydrogens is 310 g/mol. The Hall–Kier alpha value is -0.176. The Bertz CT molecular complexity index is 416. The van der Waals surface area contributed by atoms with Crippen molar-refractivity contribution in [2.75, 3.05) is 0 Å². The minimum atomic E-state index is -1.94. The molecule has 22 heavy (non-hydrogen) atoms. The van der Waals surface area contributed by atoms with Gasteiger partial charge in [-0.15, -0.1) is 0 Å². The average Bonchev–Trinajstić information content (AvgIpc) is 2.24. The van der Waals surface area contributed by atoms with Crippen molar-refractivity contribution in [3.63, 3.8) is 0 Å². The lowest BCUT2D eigenvalue weighted by atomic mass is 9.94. The van der Waals surface area contributed by atoms with E-state index >= 15 is 0 Å². The first-order valence-corrected chi connectivity index (χ1v) is 14.7. The summed E-state index contributed by atoms with van der Waals surface area (Å²) in [6.07, 6.45) is -0.282. The van der Waals surface area contributed by atoms with Crippen molar-refractivity contribution in [2.24, 2.45) is 11.8 Å². The summed E-state index contributed by atoms with van der Waals surface area (Å²) >= 11 is 0. The molecule has 1 saturated heterocycles. The molecule has 0 aromatic rings. The fourth-order valence-electron chi connectivity index (χ4n) is 2.70. The van der Waals surface area contributed by atoms with Gasteiger partial charge in [0.2, 0.25) is 5.91 Å². The van der Waals surface area contributed by atoms with Gasteiger partial charge in [-0.2, -0.15) is 0 Å². The average molecular weight is 346 g/mol. The van der Waals surface area contributed by atoms with Crippen LogP contribution in [0.4, 0.5) is 0 Å².